The SMILES string of the molecule is CCCn1ccnc1C(NC)C1COc2ccccc2O1. The Bertz CT molecular complexity index is 597. The molecule has 0 fully saturated rings. The first-order valence-corrected chi connectivity index (χ1v) is 7.40. The third-order valence-corrected chi connectivity index (χ3v) is 3.70. The quantitative estimate of drug-likeness (QED) is 0.917. The molecule has 1 aromatic heterocycles. The lowest BCUT2D eigenvalue weighted by Crippen LogP contribution is -2.41. The maximum absolute atomic E-state index is 6.10. The number of benzene rings is 1. The maximum atomic E-state index is 6.10. The van der Waals surface area contributed by atoms with Crippen LogP contribution in [0.25, 0.3) is 0 Å². The van der Waals surface area contributed by atoms with E-state index in [1.165, 1.54) is 0 Å². The van der Waals surface area contributed by atoms with Gasteiger partial charge in [-0.15, -0.1) is 0 Å². The molecule has 2 unspecified atom stereocenters. The number of para-hydroxylation sites is 2. The van der Waals surface area contributed by atoms with Crippen LogP contribution in [0.2, 0.25) is 0 Å². The lowest BCUT2D eigenvalue weighted by Gasteiger charge is -2.32. The number of likely N-dealkylation sites (N-methyl/N-ethyl adjacent to an activating group) is 1. The minimum absolute atomic E-state index is 0.0000869. The molecule has 2 heterocycles. The van der Waals surface area contributed by atoms with Gasteiger partial charge in [0.05, 0.1) is 0 Å². The monoisotopic (exact) mass is 287 g/mol. The summed E-state index contributed by atoms with van der Waals surface area (Å²) in [5.74, 6) is 2.59. The normalized spacial score (nSPS) is 18.5. The molecular formula is C16H21N3O2. The van der Waals surface area contributed by atoms with Gasteiger partial charge in [-0.25, -0.2) is 4.98 Å². The fraction of sp³-hybridized carbons (Fsp3) is 0.438. The van der Waals surface area contributed by atoms with Crippen LogP contribution in [-0.4, -0.2) is 29.3 Å². The first-order valence-electron chi connectivity index (χ1n) is 7.40. The zero-order valence-electron chi connectivity index (χ0n) is 12.5. The average molecular weight is 287 g/mol. The minimum atomic E-state index is -0.0945. The van der Waals surface area contributed by atoms with Gasteiger partial charge in [0.15, 0.2) is 17.6 Å². The van der Waals surface area contributed by atoms with E-state index in [4.69, 9.17) is 9.47 Å². The molecule has 5 nitrogen and oxygen atoms in total. The van der Waals surface area contributed by atoms with E-state index >= 15 is 0 Å². The summed E-state index contributed by atoms with van der Waals surface area (Å²) in [6, 6.07) is 7.77. The molecule has 1 aliphatic rings. The summed E-state index contributed by atoms with van der Waals surface area (Å²) in [4.78, 5) is 4.50. The molecule has 0 aliphatic carbocycles. The predicted molar refractivity (Wildman–Crippen MR) is 80.7 cm³/mol. The van der Waals surface area contributed by atoms with Crippen molar-refractivity contribution < 1.29 is 9.47 Å². The Labute approximate surface area is 124 Å². The van der Waals surface area contributed by atoms with E-state index in [-0.39, 0.29) is 12.1 Å². The molecule has 1 N–H and O–H groups in total. The zero-order chi connectivity index (χ0) is 14.7. The highest BCUT2D eigenvalue weighted by atomic mass is 16.6. The van der Waals surface area contributed by atoms with Crippen LogP contribution in [-0.2, 0) is 6.54 Å². The number of hydrogen-bond donors (Lipinski definition) is 1. The fourth-order valence-electron chi connectivity index (χ4n) is 2.71. The maximum Gasteiger partial charge on any atom is 0.161 e. The summed E-state index contributed by atoms with van der Waals surface area (Å²) < 4.78 is 14.1. The van der Waals surface area contributed by atoms with Crippen molar-refractivity contribution in [3.63, 3.8) is 0 Å². The van der Waals surface area contributed by atoms with Crippen molar-refractivity contribution in [2.45, 2.75) is 32.0 Å². The second kappa shape index (κ2) is 6.18. The van der Waals surface area contributed by atoms with E-state index in [0.717, 1.165) is 30.3 Å². The van der Waals surface area contributed by atoms with Crippen molar-refractivity contribution in [1.29, 1.82) is 0 Å². The topological polar surface area (TPSA) is 48.3 Å². The molecular weight excluding hydrogens is 266 g/mol. The summed E-state index contributed by atoms with van der Waals surface area (Å²) in [6.45, 7) is 3.63. The lowest BCUT2D eigenvalue weighted by molar-refractivity contribution is 0.0605. The van der Waals surface area contributed by atoms with E-state index < -0.39 is 0 Å². The summed E-state index contributed by atoms with van der Waals surface area (Å²) in [7, 11) is 1.93. The zero-order valence-corrected chi connectivity index (χ0v) is 12.5. The summed E-state index contributed by atoms with van der Waals surface area (Å²) in [5, 5.41) is 3.32. The van der Waals surface area contributed by atoms with Crippen molar-refractivity contribution in [3.05, 3.63) is 42.5 Å². The van der Waals surface area contributed by atoms with Crippen LogP contribution >= 0.6 is 0 Å². The first-order chi connectivity index (χ1) is 10.3. The Kier molecular flexibility index (Phi) is 4.10. The summed E-state index contributed by atoms with van der Waals surface area (Å²) in [6.07, 6.45) is 4.83. The van der Waals surface area contributed by atoms with Crippen LogP contribution in [0.1, 0.15) is 25.2 Å². The number of aromatic nitrogens is 2. The van der Waals surface area contributed by atoms with Gasteiger partial charge in [-0.05, 0) is 25.6 Å². The second-order valence-electron chi connectivity index (χ2n) is 5.16. The number of nitrogens with zero attached hydrogens (tertiary/aromatic N) is 2. The molecule has 21 heavy (non-hydrogen) atoms. The fourth-order valence-corrected chi connectivity index (χ4v) is 2.71. The molecule has 3 rings (SSSR count). The van der Waals surface area contributed by atoms with Crippen LogP contribution in [0.5, 0.6) is 11.5 Å². The highest BCUT2D eigenvalue weighted by Gasteiger charge is 2.31. The average Bonchev–Trinajstić information content (AvgIpc) is 2.97. The van der Waals surface area contributed by atoms with Gasteiger partial charge in [-0.1, -0.05) is 19.1 Å². The van der Waals surface area contributed by atoms with Gasteiger partial charge < -0.3 is 19.4 Å². The van der Waals surface area contributed by atoms with Crippen molar-refractivity contribution >= 4 is 0 Å². The third-order valence-electron chi connectivity index (χ3n) is 3.70. The number of hydrogen-bond acceptors (Lipinski definition) is 4. The Hall–Kier alpha value is -2.01. The molecule has 5 heteroatoms. The highest BCUT2D eigenvalue weighted by molar-refractivity contribution is 5.41. The molecule has 2 aromatic rings. The van der Waals surface area contributed by atoms with E-state index in [2.05, 4.69) is 21.8 Å². The van der Waals surface area contributed by atoms with Crippen LogP contribution in [0, 0.1) is 0 Å². The van der Waals surface area contributed by atoms with Gasteiger partial charge in [-0.3, -0.25) is 0 Å². The molecule has 0 saturated heterocycles. The molecule has 0 saturated carbocycles. The Morgan fingerprint density at radius 2 is 2.19 bits per heavy atom. The van der Waals surface area contributed by atoms with Gasteiger partial charge in [0.2, 0.25) is 0 Å². The van der Waals surface area contributed by atoms with Gasteiger partial charge in [-0.2, -0.15) is 0 Å². The Morgan fingerprint density at radius 3 is 2.95 bits per heavy atom. The summed E-state index contributed by atoms with van der Waals surface area (Å²) >= 11 is 0. The van der Waals surface area contributed by atoms with E-state index in [0.29, 0.717) is 6.61 Å². The molecule has 1 aromatic carbocycles. The molecule has 2 atom stereocenters. The molecule has 0 amide bonds. The standard InChI is InChI=1S/C16H21N3O2/c1-3-9-19-10-8-18-16(19)15(17-2)14-11-20-12-6-4-5-7-13(12)21-14/h4-8,10,14-15,17H,3,9,11H2,1-2H3. The lowest BCUT2D eigenvalue weighted by atomic mass is 10.1. The molecule has 112 valence electrons. The number of ether oxygens (including phenoxy) is 2. The molecule has 0 radical (unpaired) electrons. The number of nitrogens with one attached hydrogen (secondary N) is 1. The van der Waals surface area contributed by atoms with Crippen molar-refractivity contribution in [1.82, 2.24) is 14.9 Å². The van der Waals surface area contributed by atoms with Gasteiger partial charge in [0.1, 0.15) is 18.5 Å². The Morgan fingerprint density at radius 1 is 1.38 bits per heavy atom. The van der Waals surface area contributed by atoms with Gasteiger partial charge in [0, 0.05) is 18.9 Å². The smallest absolute Gasteiger partial charge is 0.161 e. The van der Waals surface area contributed by atoms with Crippen LogP contribution in [0.3, 0.4) is 0 Å². The van der Waals surface area contributed by atoms with Crippen molar-refractivity contribution in [3.8, 4) is 11.5 Å². The van der Waals surface area contributed by atoms with Crippen LogP contribution < -0.4 is 14.8 Å². The largest absolute Gasteiger partial charge is 0.486 e. The first kappa shape index (κ1) is 13.9. The molecule has 0 bridgehead atoms. The number of rotatable bonds is 5. The van der Waals surface area contributed by atoms with Crippen LogP contribution in [0.15, 0.2) is 36.7 Å². The highest BCUT2D eigenvalue weighted by Crippen LogP contribution is 2.34. The second-order valence-corrected chi connectivity index (χ2v) is 5.16. The van der Waals surface area contributed by atoms with Gasteiger partial charge in [0.25, 0.3) is 0 Å². The van der Waals surface area contributed by atoms with Crippen molar-refractivity contribution in [2.24, 2.45) is 0 Å². The van der Waals surface area contributed by atoms with E-state index in [1.807, 2.05) is 43.7 Å². The number of fused-ring (bicyclic) bond motifs is 1. The Balaban J connectivity index is 1.83. The third kappa shape index (κ3) is 2.74. The predicted octanol–water partition coefficient (Wildman–Crippen LogP) is 2.39. The molecule has 0 spiro atoms. The number of aryl methyl sites for hydroxylation is 1. The number of imidazole rings is 1. The molecule has 1 aliphatic heterocycles. The minimum Gasteiger partial charge on any atom is -0.486 e. The van der Waals surface area contributed by atoms with Crippen molar-refractivity contribution in [2.75, 3.05) is 13.7 Å². The van der Waals surface area contributed by atoms with Crippen LogP contribution in [0.4, 0.5) is 0 Å². The summed E-state index contributed by atoms with van der Waals surface area (Å²) in [5.41, 5.74) is 0. The van der Waals surface area contributed by atoms with E-state index in [9.17, 15) is 0 Å². The van der Waals surface area contributed by atoms with Gasteiger partial charge >= 0.3 is 0 Å². The van der Waals surface area contributed by atoms with E-state index in [1.54, 1.807) is 0 Å².